The Bertz CT molecular complexity index is 3580. The summed E-state index contributed by atoms with van der Waals surface area (Å²) in [6, 6.07) is 22.9. The molecule has 0 spiro atoms. The first-order chi connectivity index (χ1) is 52.2. The fraction of sp³-hybridized carbons (Fsp3) is 0.703. The van der Waals surface area contributed by atoms with Crippen LogP contribution in [-0.2, 0) is 40.1 Å². The van der Waals surface area contributed by atoms with Gasteiger partial charge in [0, 0.05) is 36.8 Å². The quantitative estimate of drug-likeness (QED) is 0.0357. The number of phenolic OH excluding ortho intramolecular Hbond substituents is 2. The number of phenols is 2. The number of ether oxygens (including phenoxy) is 6. The third kappa shape index (κ3) is 22.8. The second kappa shape index (κ2) is 40.4. The first kappa shape index (κ1) is 94.1. The third-order valence-corrected chi connectivity index (χ3v) is 29.8. The van der Waals surface area contributed by atoms with Gasteiger partial charge in [0.1, 0.15) is 52.3 Å². The summed E-state index contributed by atoms with van der Waals surface area (Å²) in [5.74, 6) is 7.04. The number of hydrogen-bond acceptors (Lipinski definition) is 12. The van der Waals surface area contributed by atoms with Crippen molar-refractivity contribution in [3.05, 3.63) is 95.1 Å². The Morgan fingerprint density at radius 1 is 0.405 bits per heavy atom. The zero-order valence-electron chi connectivity index (χ0n) is 70.2. The van der Waals surface area contributed by atoms with Crippen LogP contribution in [0.4, 0.5) is 0 Å². The highest BCUT2D eigenvalue weighted by atomic mass is 79.9. The maximum Gasteiger partial charge on any atom is 0.369 e. The maximum absolute atomic E-state index is 12.1. The molecule has 622 valence electrons. The Kier molecular flexibility index (Phi) is 34.2. The molecule has 14 nitrogen and oxygen atoms in total. The lowest BCUT2D eigenvalue weighted by molar-refractivity contribution is -0.158. The van der Waals surface area contributed by atoms with E-state index in [1.807, 2.05) is 30.3 Å². The average molecular weight is 1780 g/mol. The second-order valence-electron chi connectivity index (χ2n) is 37.7. The highest BCUT2D eigenvalue weighted by Gasteiger charge is 2.59. The first-order valence-corrected chi connectivity index (χ1v) is 44.7. The number of halogens is 5. The summed E-state index contributed by atoms with van der Waals surface area (Å²) in [5.41, 5.74) is 6.22. The number of alkyl halides is 2. The monoisotopic (exact) mass is 1770 g/mol. The van der Waals surface area contributed by atoms with E-state index in [0.717, 1.165) is 122 Å². The fourth-order valence-corrected chi connectivity index (χ4v) is 24.8. The Balaban J connectivity index is 0.000000200. The summed E-state index contributed by atoms with van der Waals surface area (Å²) in [6.07, 6.45) is 27.2. The van der Waals surface area contributed by atoms with Gasteiger partial charge in [0.25, 0.3) is 0 Å². The number of methoxy groups -OCH3 is 6. The molecule has 12 rings (SSSR count). The Hall–Kier alpha value is -4.07. The van der Waals surface area contributed by atoms with E-state index < -0.39 is 11.9 Å². The topological polar surface area (TPSA) is 208 Å². The number of rotatable bonds is 18. The molecule has 8 aliphatic rings. The molecule has 4 aromatic carbocycles. The van der Waals surface area contributed by atoms with Gasteiger partial charge in [-0.15, -0.1) is 70.5 Å². The molecule has 20 heteroatoms. The molecule has 0 bridgehead atoms. The second-order valence-corrected chi connectivity index (χ2v) is 44.9. The van der Waals surface area contributed by atoms with E-state index in [-0.39, 0.29) is 76.7 Å². The molecule has 0 aliphatic heterocycles. The van der Waals surface area contributed by atoms with Gasteiger partial charge in [-0.3, -0.25) is 9.59 Å². The molecule has 0 amide bonds. The molecule has 8 saturated carbocycles. The van der Waals surface area contributed by atoms with Gasteiger partial charge < -0.3 is 58.7 Å². The molecule has 5 N–H and O–H groups in total. The molecule has 8 aliphatic carbocycles. The van der Waals surface area contributed by atoms with Gasteiger partial charge in [0.2, 0.25) is 0 Å². The molecular formula is C91H136BBr3Cl2O14. The zero-order chi connectivity index (χ0) is 82.4. The lowest BCUT2D eigenvalue weighted by Crippen LogP contribution is -2.53. The van der Waals surface area contributed by atoms with Crippen LogP contribution in [0.5, 0.6) is 46.0 Å². The lowest BCUT2D eigenvalue weighted by Gasteiger charge is -2.59. The van der Waals surface area contributed by atoms with E-state index in [4.69, 9.17) is 51.6 Å². The van der Waals surface area contributed by atoms with E-state index in [0.29, 0.717) is 71.2 Å². The minimum absolute atomic E-state index is 0.0181. The fourth-order valence-electron chi connectivity index (χ4n) is 24.8. The number of benzene rings is 4. The van der Waals surface area contributed by atoms with Crippen molar-refractivity contribution < 1.29 is 68.3 Å². The van der Waals surface area contributed by atoms with Crippen LogP contribution in [0.2, 0.25) is 0 Å². The summed E-state index contributed by atoms with van der Waals surface area (Å²) in [7, 11) is 10.1. The van der Waals surface area contributed by atoms with Crippen molar-refractivity contribution >= 4 is 91.9 Å². The van der Waals surface area contributed by atoms with Crippen LogP contribution in [-0.4, -0.2) is 102 Å². The summed E-state index contributed by atoms with van der Waals surface area (Å²) >= 11 is 18.8. The van der Waals surface area contributed by atoms with Crippen LogP contribution in [0.3, 0.4) is 0 Å². The molecular weight excluding hydrogens is 1640 g/mol. The number of fused-ring (bicyclic) bond motifs is 4. The van der Waals surface area contributed by atoms with Crippen LogP contribution in [0.15, 0.2) is 72.8 Å². The number of aliphatic carboxylic acids is 2. The van der Waals surface area contributed by atoms with Crippen LogP contribution in [0.1, 0.15) is 234 Å². The number of aromatic hydroxyl groups is 2. The summed E-state index contributed by atoms with van der Waals surface area (Å²) in [4.78, 5) is 36.0. The van der Waals surface area contributed by atoms with Crippen molar-refractivity contribution in [3.63, 3.8) is 0 Å². The number of carboxylic acids is 2. The van der Waals surface area contributed by atoms with Gasteiger partial charge in [-0.2, -0.15) is 0 Å². The predicted octanol–water partition coefficient (Wildman–Crippen LogP) is 23.8. The van der Waals surface area contributed by atoms with Crippen molar-refractivity contribution in [2.45, 2.75) is 237 Å². The minimum Gasteiger partial charge on any atom is -0.508 e. The summed E-state index contributed by atoms with van der Waals surface area (Å²) in [6.45, 7) is 29.1. The normalized spacial score (nSPS) is 31.6. The van der Waals surface area contributed by atoms with Crippen molar-refractivity contribution in [1.29, 1.82) is 0 Å². The Morgan fingerprint density at radius 2 is 0.658 bits per heavy atom. The summed E-state index contributed by atoms with van der Waals surface area (Å²) < 4.78 is 33.0. The van der Waals surface area contributed by atoms with Gasteiger partial charge in [-0.1, -0.05) is 109 Å². The number of hydrogen-bond donors (Lipinski definition) is 5. The van der Waals surface area contributed by atoms with Crippen molar-refractivity contribution in [1.82, 2.24) is 0 Å². The molecule has 16 atom stereocenters. The predicted molar refractivity (Wildman–Crippen MR) is 463 cm³/mol. The van der Waals surface area contributed by atoms with Crippen molar-refractivity contribution in [3.8, 4) is 46.0 Å². The van der Waals surface area contributed by atoms with Crippen LogP contribution >= 0.6 is 70.5 Å². The van der Waals surface area contributed by atoms with Gasteiger partial charge in [0.05, 0.1) is 59.8 Å². The van der Waals surface area contributed by atoms with Gasteiger partial charge in [-0.05, 0) is 296 Å². The molecule has 4 aromatic rings. The van der Waals surface area contributed by atoms with Crippen molar-refractivity contribution in [2.75, 3.05) is 54.6 Å². The molecule has 0 unspecified atom stereocenters. The smallest absolute Gasteiger partial charge is 0.369 e. The first-order valence-electron chi connectivity index (χ1n) is 40.9. The van der Waals surface area contributed by atoms with Crippen LogP contribution in [0.25, 0.3) is 0 Å². The van der Waals surface area contributed by atoms with E-state index in [1.54, 1.807) is 54.8 Å². The third-order valence-electron chi connectivity index (χ3n) is 29.8. The van der Waals surface area contributed by atoms with E-state index >= 15 is 0 Å². The number of aliphatic hydroxyl groups excluding tert-OH is 1. The zero-order valence-corrected chi connectivity index (χ0v) is 76.5. The highest BCUT2D eigenvalue weighted by molar-refractivity contribution is 9.69. The number of carbonyl (C=O) groups excluding carboxylic acids is 1. The van der Waals surface area contributed by atoms with Gasteiger partial charge >= 0.3 is 15.1 Å². The molecule has 0 radical (unpaired) electrons. The highest BCUT2D eigenvalue weighted by Crippen LogP contribution is 2.66. The number of aliphatic hydroxyl groups is 1. The maximum atomic E-state index is 12.1. The molecule has 0 heterocycles. The Labute approximate surface area is 702 Å². The molecule has 111 heavy (non-hydrogen) atoms. The molecule has 8 fully saturated rings. The number of aldehydes is 1. The Morgan fingerprint density at radius 3 is 0.937 bits per heavy atom. The van der Waals surface area contributed by atoms with Gasteiger partial charge in [-0.25, -0.2) is 0 Å². The SMILES string of the molecule is BrB(Br)Br.CC1(C)CCC[C@]2(C)[C@@H](Cc3cc(O)cc(O)c3)[C@@H](C(=O)O)CC[C@@H]12.COc1cc(C[C@H]2[C@@H](C(=O)O)CC[C@H]3C(C)(C)CCC[C@]23C)cc(OC)c1.COc1cc(C[C@H]2[C@@H](C=O)CC[C@H]3C(C)(C)CCC[C@]23C)cc(OC)c1.COc1cc(C[C@H]2[C@@H](CO)CC[C@H]3C(C)(C)CCC[C@]23C)cc(OC)c1.ClCCl. The van der Waals surface area contributed by atoms with E-state index in [1.165, 1.54) is 94.1 Å². The van der Waals surface area contributed by atoms with E-state index in [2.05, 4.69) is 155 Å². The van der Waals surface area contributed by atoms with E-state index in [9.17, 15) is 39.9 Å². The lowest BCUT2D eigenvalue weighted by atomic mass is 9.46. The summed E-state index contributed by atoms with van der Waals surface area (Å²) in [5, 5.41) is 49.7. The number of carbonyl (C=O) groups is 3. The van der Waals surface area contributed by atoms with Crippen molar-refractivity contribution in [2.24, 2.45) is 114 Å². The minimum atomic E-state index is -0.711. The number of carboxylic acid groups (broad SMARTS) is 2. The van der Waals surface area contributed by atoms with Gasteiger partial charge in [0.15, 0.2) is 0 Å². The molecule has 0 aromatic heterocycles. The molecule has 0 saturated heterocycles. The standard InChI is InChI=1S/C23H34O4.C23H36O3.C23H34O3.C21H30O4.CH2Cl2.BBr3/c1-22(2)9-6-10-23(3)19(18(21(24)25)7-8-20(22)23)13-15-11-16(26-4)14-17(12-15)27-5;2*1-22(2)9-6-10-23(3)20(17(15-24)7-8-21(22)23)13-16-11-18(25-4)14-19(12-16)26-5;1-20(2)7-4-8-21(3)17(16(19(24)25)5-6-18(20)21)11-13-9-14(22)12-15(23)10-13;2-1-3;2-1(3)4/h11-12,14,18-20H,6-10,13H2,1-5H3,(H,24,25);11-12,14,17,20-21,24H,6-10,13,15H2,1-5H3;11-12,14-15,17,20-21H,6-10,13H2,1-5H3;9-10,12,16-18,22-23H,4-8,11H2,1-3H3,(H,24,25);1H2;/t18-,19-,20-,23+;2*17-,20+,21+,23-;16-,17-,18-,21+;;/m0110../s1. The average Bonchev–Trinajstić information content (AvgIpc) is 0.734. The largest absolute Gasteiger partial charge is 0.508 e. The van der Waals surface area contributed by atoms with Crippen LogP contribution < -0.4 is 28.4 Å². The van der Waals surface area contributed by atoms with Crippen LogP contribution in [0, 0.1) is 114 Å².